The van der Waals surface area contributed by atoms with Crippen molar-refractivity contribution in [1.82, 2.24) is 24.3 Å². The lowest BCUT2D eigenvalue weighted by molar-refractivity contribution is -0.142. The van der Waals surface area contributed by atoms with Crippen LogP contribution in [-0.2, 0) is 11.3 Å². The number of benzene rings is 1. The van der Waals surface area contributed by atoms with E-state index >= 15 is 0 Å². The number of aromatic nitrogens is 2. The number of carbonyl (C=O) groups is 2. The SMILES string of the molecule is CN1CCN2CCN(C(=O)c3ccc4c(c3)ncn4CCO)CC2C1=O. The van der Waals surface area contributed by atoms with Crippen molar-refractivity contribution in [2.75, 3.05) is 46.4 Å². The number of amides is 2. The van der Waals surface area contributed by atoms with Crippen LogP contribution < -0.4 is 0 Å². The molecule has 1 aromatic carbocycles. The number of nitrogens with zero attached hydrogens (tertiary/aromatic N) is 5. The van der Waals surface area contributed by atoms with Gasteiger partial charge in [0, 0.05) is 51.9 Å². The summed E-state index contributed by atoms with van der Waals surface area (Å²) in [5.74, 6) is 0.0243. The third-order valence-corrected chi connectivity index (χ3v) is 5.37. The van der Waals surface area contributed by atoms with E-state index in [0.29, 0.717) is 25.2 Å². The average molecular weight is 357 g/mol. The highest BCUT2D eigenvalue weighted by atomic mass is 16.3. The molecule has 0 radical (unpaired) electrons. The molecule has 8 heteroatoms. The number of likely N-dealkylation sites (N-methyl/N-ethyl adjacent to an activating group) is 1. The van der Waals surface area contributed by atoms with Crippen LogP contribution in [0.25, 0.3) is 11.0 Å². The zero-order chi connectivity index (χ0) is 18.3. The largest absolute Gasteiger partial charge is 0.395 e. The summed E-state index contributed by atoms with van der Waals surface area (Å²) in [6, 6.07) is 5.20. The molecule has 2 saturated heterocycles. The predicted octanol–water partition coefficient (Wildman–Crippen LogP) is -0.373. The molecule has 2 aliphatic heterocycles. The van der Waals surface area contributed by atoms with E-state index in [0.717, 1.165) is 30.7 Å². The molecule has 1 atom stereocenters. The van der Waals surface area contributed by atoms with E-state index in [-0.39, 0.29) is 24.5 Å². The Balaban J connectivity index is 1.54. The molecule has 0 bridgehead atoms. The monoisotopic (exact) mass is 357 g/mol. The van der Waals surface area contributed by atoms with Gasteiger partial charge < -0.3 is 19.5 Å². The average Bonchev–Trinajstić information content (AvgIpc) is 3.06. The topological polar surface area (TPSA) is 81.9 Å². The van der Waals surface area contributed by atoms with Gasteiger partial charge in [0.1, 0.15) is 6.04 Å². The molecule has 8 nitrogen and oxygen atoms in total. The molecule has 138 valence electrons. The van der Waals surface area contributed by atoms with E-state index in [4.69, 9.17) is 5.11 Å². The van der Waals surface area contributed by atoms with Crippen molar-refractivity contribution in [3.8, 4) is 0 Å². The molecule has 2 aromatic rings. The van der Waals surface area contributed by atoms with Crippen molar-refractivity contribution in [2.45, 2.75) is 12.6 Å². The third kappa shape index (κ3) is 2.85. The minimum absolute atomic E-state index is 0.0419. The van der Waals surface area contributed by atoms with Gasteiger partial charge in [-0.1, -0.05) is 0 Å². The van der Waals surface area contributed by atoms with Crippen molar-refractivity contribution < 1.29 is 14.7 Å². The number of piperazine rings is 2. The minimum atomic E-state index is -0.237. The van der Waals surface area contributed by atoms with E-state index < -0.39 is 0 Å². The van der Waals surface area contributed by atoms with Gasteiger partial charge in [-0.3, -0.25) is 14.5 Å². The molecule has 3 heterocycles. The molecule has 1 unspecified atom stereocenters. The van der Waals surface area contributed by atoms with Crippen LogP contribution in [0.5, 0.6) is 0 Å². The number of imidazole rings is 1. The van der Waals surface area contributed by atoms with Crippen LogP contribution in [-0.4, -0.2) is 93.6 Å². The zero-order valence-electron chi connectivity index (χ0n) is 14.8. The molecular formula is C18H23N5O3. The maximum atomic E-state index is 12.9. The summed E-state index contributed by atoms with van der Waals surface area (Å²) in [5, 5.41) is 9.10. The second kappa shape index (κ2) is 6.69. The van der Waals surface area contributed by atoms with Gasteiger partial charge in [0.05, 0.1) is 24.0 Å². The molecule has 26 heavy (non-hydrogen) atoms. The van der Waals surface area contributed by atoms with Crippen LogP contribution in [0.2, 0.25) is 0 Å². The molecular weight excluding hydrogens is 334 g/mol. The number of aliphatic hydroxyl groups is 1. The Labute approximate surface area is 151 Å². The molecule has 0 spiro atoms. The summed E-state index contributed by atoms with van der Waals surface area (Å²) in [6.45, 7) is 3.91. The van der Waals surface area contributed by atoms with Crippen molar-refractivity contribution in [3.05, 3.63) is 30.1 Å². The fourth-order valence-electron chi connectivity index (χ4n) is 3.82. The highest BCUT2D eigenvalue weighted by Gasteiger charge is 2.38. The van der Waals surface area contributed by atoms with Gasteiger partial charge in [-0.2, -0.15) is 0 Å². The van der Waals surface area contributed by atoms with E-state index in [2.05, 4.69) is 9.88 Å². The van der Waals surface area contributed by atoms with Gasteiger partial charge >= 0.3 is 0 Å². The molecule has 4 rings (SSSR count). The van der Waals surface area contributed by atoms with E-state index in [1.807, 2.05) is 17.7 Å². The summed E-state index contributed by atoms with van der Waals surface area (Å²) in [5.41, 5.74) is 2.21. The second-order valence-electron chi connectivity index (χ2n) is 6.93. The summed E-state index contributed by atoms with van der Waals surface area (Å²) < 4.78 is 1.86. The third-order valence-electron chi connectivity index (χ3n) is 5.37. The Morgan fingerprint density at radius 3 is 2.88 bits per heavy atom. The Kier molecular flexibility index (Phi) is 4.37. The Hall–Kier alpha value is -2.45. The standard InChI is InChI=1S/C18H23N5O3/c1-20-4-5-21-6-7-22(11-16(21)18(20)26)17(25)13-2-3-15-14(10-13)19-12-23(15)8-9-24/h2-3,10,12,16,24H,4-9,11H2,1H3. The molecule has 1 aromatic heterocycles. The fourth-order valence-corrected chi connectivity index (χ4v) is 3.82. The molecule has 2 amide bonds. The van der Waals surface area contributed by atoms with Gasteiger partial charge in [0.15, 0.2) is 0 Å². The summed E-state index contributed by atoms with van der Waals surface area (Å²) in [7, 11) is 1.82. The van der Waals surface area contributed by atoms with E-state index in [9.17, 15) is 9.59 Å². The predicted molar refractivity (Wildman–Crippen MR) is 95.7 cm³/mol. The van der Waals surface area contributed by atoms with E-state index in [1.54, 1.807) is 28.3 Å². The van der Waals surface area contributed by atoms with Crippen molar-refractivity contribution in [1.29, 1.82) is 0 Å². The normalized spacial score (nSPS) is 21.3. The van der Waals surface area contributed by atoms with Crippen LogP contribution in [0.1, 0.15) is 10.4 Å². The number of carbonyl (C=O) groups excluding carboxylic acids is 2. The highest BCUT2D eigenvalue weighted by molar-refractivity contribution is 5.98. The van der Waals surface area contributed by atoms with Crippen molar-refractivity contribution >= 4 is 22.8 Å². The van der Waals surface area contributed by atoms with Gasteiger partial charge in [-0.05, 0) is 18.2 Å². The number of fused-ring (bicyclic) bond motifs is 2. The first-order valence-corrected chi connectivity index (χ1v) is 8.92. The van der Waals surface area contributed by atoms with Gasteiger partial charge in [0.2, 0.25) is 5.91 Å². The number of aliphatic hydroxyl groups excluding tert-OH is 1. The Bertz CT molecular complexity index is 848. The smallest absolute Gasteiger partial charge is 0.254 e. The highest BCUT2D eigenvalue weighted by Crippen LogP contribution is 2.20. The maximum Gasteiger partial charge on any atom is 0.254 e. The lowest BCUT2D eigenvalue weighted by Crippen LogP contribution is -2.64. The summed E-state index contributed by atoms with van der Waals surface area (Å²) in [4.78, 5) is 35.4. The van der Waals surface area contributed by atoms with E-state index in [1.165, 1.54) is 0 Å². The zero-order valence-corrected chi connectivity index (χ0v) is 14.8. The van der Waals surface area contributed by atoms with Gasteiger partial charge in [-0.15, -0.1) is 0 Å². The van der Waals surface area contributed by atoms with Gasteiger partial charge in [0.25, 0.3) is 5.91 Å². The maximum absolute atomic E-state index is 12.9. The van der Waals surface area contributed by atoms with Crippen LogP contribution in [0, 0.1) is 0 Å². The second-order valence-corrected chi connectivity index (χ2v) is 6.93. The number of rotatable bonds is 3. The summed E-state index contributed by atoms with van der Waals surface area (Å²) in [6.07, 6.45) is 1.67. The van der Waals surface area contributed by atoms with Crippen molar-refractivity contribution in [2.24, 2.45) is 0 Å². The first-order chi connectivity index (χ1) is 12.6. The van der Waals surface area contributed by atoms with Crippen molar-refractivity contribution in [3.63, 3.8) is 0 Å². The lowest BCUT2D eigenvalue weighted by atomic mass is 10.1. The van der Waals surface area contributed by atoms with Crippen LogP contribution in [0.3, 0.4) is 0 Å². The molecule has 1 N–H and O–H groups in total. The molecule has 0 aliphatic carbocycles. The number of hydrogen-bond donors (Lipinski definition) is 1. The minimum Gasteiger partial charge on any atom is -0.395 e. The lowest BCUT2D eigenvalue weighted by Gasteiger charge is -2.45. The molecule has 2 fully saturated rings. The Morgan fingerprint density at radius 2 is 2.08 bits per heavy atom. The summed E-state index contributed by atoms with van der Waals surface area (Å²) >= 11 is 0. The van der Waals surface area contributed by atoms with Crippen LogP contribution >= 0.6 is 0 Å². The molecule has 0 saturated carbocycles. The fraction of sp³-hybridized carbons (Fsp3) is 0.500. The number of hydrogen-bond acceptors (Lipinski definition) is 5. The quantitative estimate of drug-likeness (QED) is 0.810. The van der Waals surface area contributed by atoms with Crippen LogP contribution in [0.4, 0.5) is 0 Å². The molecule has 2 aliphatic rings. The van der Waals surface area contributed by atoms with Crippen LogP contribution in [0.15, 0.2) is 24.5 Å². The first-order valence-electron chi connectivity index (χ1n) is 8.92. The Morgan fingerprint density at radius 1 is 1.27 bits per heavy atom. The first kappa shape index (κ1) is 17.0. The van der Waals surface area contributed by atoms with Gasteiger partial charge in [-0.25, -0.2) is 4.98 Å².